The number of hydrogen-bond acceptors (Lipinski definition) is 4. The van der Waals surface area contributed by atoms with Gasteiger partial charge in [0.1, 0.15) is 5.75 Å². The lowest BCUT2D eigenvalue weighted by molar-refractivity contribution is 0.0918. The van der Waals surface area contributed by atoms with Crippen molar-refractivity contribution in [2.75, 3.05) is 5.32 Å². The molecule has 2 rings (SSSR count). The van der Waals surface area contributed by atoms with Crippen LogP contribution in [0.1, 0.15) is 55.3 Å². The first-order valence-corrected chi connectivity index (χ1v) is 9.76. The lowest BCUT2D eigenvalue weighted by Crippen LogP contribution is -2.40. The van der Waals surface area contributed by atoms with Crippen molar-refractivity contribution in [3.63, 3.8) is 0 Å². The zero-order valence-corrected chi connectivity index (χ0v) is 18.1. The summed E-state index contributed by atoms with van der Waals surface area (Å²) in [6.45, 7) is 9.58. The molecule has 0 saturated carbocycles. The Balaban J connectivity index is 2.01. The maximum atomic E-state index is 12.5. The second-order valence-corrected chi connectivity index (χ2v) is 8.30. The third kappa shape index (κ3) is 7.54. The van der Waals surface area contributed by atoms with Crippen LogP contribution < -0.4 is 20.7 Å². The summed E-state index contributed by atoms with van der Waals surface area (Å²) in [5.74, 6) is 0.0838. The van der Waals surface area contributed by atoms with Crippen molar-refractivity contribution in [3.05, 3.63) is 59.7 Å². The summed E-state index contributed by atoms with van der Waals surface area (Å²) >= 11 is 5.24. The van der Waals surface area contributed by atoms with Crippen LogP contribution in [0.3, 0.4) is 0 Å². The summed E-state index contributed by atoms with van der Waals surface area (Å²) in [6, 6.07) is 13.8. The number of rotatable bonds is 5. The van der Waals surface area contributed by atoms with Crippen LogP contribution in [0.2, 0.25) is 0 Å². The second-order valence-electron chi connectivity index (χ2n) is 7.89. The van der Waals surface area contributed by atoms with Gasteiger partial charge in [-0.15, -0.1) is 0 Å². The number of ether oxygens (including phenoxy) is 1. The second kappa shape index (κ2) is 9.52. The van der Waals surface area contributed by atoms with E-state index in [2.05, 4.69) is 16.0 Å². The minimum Gasteiger partial charge on any atom is -0.491 e. The third-order valence-electron chi connectivity index (χ3n) is 3.57. The van der Waals surface area contributed by atoms with E-state index >= 15 is 0 Å². The number of benzene rings is 2. The summed E-state index contributed by atoms with van der Waals surface area (Å²) in [7, 11) is 0. The number of thiocarbonyl (C=S) groups is 1. The van der Waals surface area contributed by atoms with Crippen molar-refractivity contribution in [2.24, 2.45) is 0 Å². The number of carbonyl (C=O) groups excluding carboxylic acids is 2. The molecule has 0 spiro atoms. The summed E-state index contributed by atoms with van der Waals surface area (Å²) < 4.78 is 5.61. The Morgan fingerprint density at radius 3 is 2.21 bits per heavy atom. The zero-order chi connectivity index (χ0) is 21.6. The summed E-state index contributed by atoms with van der Waals surface area (Å²) in [5, 5.41) is 8.62. The standard InChI is InChI=1S/C22H27N3O3S/c1-14(2)28-18-11-7-9-16(13-18)19(26)24-21(29)23-17-10-6-8-15(12-17)20(27)25-22(3,4)5/h6-14H,1-5H3,(H,25,27)(H2,23,24,26,29). The van der Waals surface area contributed by atoms with Gasteiger partial charge in [0.2, 0.25) is 0 Å². The van der Waals surface area contributed by atoms with Gasteiger partial charge < -0.3 is 15.4 Å². The number of carbonyl (C=O) groups is 2. The van der Waals surface area contributed by atoms with Gasteiger partial charge in [0.25, 0.3) is 11.8 Å². The van der Waals surface area contributed by atoms with Crippen molar-refractivity contribution in [1.82, 2.24) is 10.6 Å². The summed E-state index contributed by atoms with van der Waals surface area (Å²) in [5.41, 5.74) is 1.20. The van der Waals surface area contributed by atoms with E-state index in [1.807, 2.05) is 34.6 Å². The van der Waals surface area contributed by atoms with Crippen LogP contribution in [0.5, 0.6) is 5.75 Å². The molecule has 0 aliphatic heterocycles. The highest BCUT2D eigenvalue weighted by Crippen LogP contribution is 2.15. The molecule has 7 heteroatoms. The third-order valence-corrected chi connectivity index (χ3v) is 3.77. The molecule has 0 radical (unpaired) electrons. The zero-order valence-electron chi connectivity index (χ0n) is 17.3. The highest BCUT2D eigenvalue weighted by atomic mass is 32.1. The summed E-state index contributed by atoms with van der Waals surface area (Å²) in [4.78, 5) is 24.8. The predicted octanol–water partition coefficient (Wildman–Crippen LogP) is 4.13. The molecule has 2 aromatic carbocycles. The first kappa shape index (κ1) is 22.4. The van der Waals surface area contributed by atoms with Gasteiger partial charge in [-0.2, -0.15) is 0 Å². The Kier molecular flexibility index (Phi) is 7.34. The van der Waals surface area contributed by atoms with E-state index in [1.54, 1.807) is 48.5 Å². The van der Waals surface area contributed by atoms with Gasteiger partial charge in [-0.3, -0.25) is 14.9 Å². The quantitative estimate of drug-likeness (QED) is 0.643. The molecule has 3 N–H and O–H groups in total. The molecule has 6 nitrogen and oxygen atoms in total. The van der Waals surface area contributed by atoms with Crippen LogP contribution in [-0.2, 0) is 0 Å². The van der Waals surface area contributed by atoms with Gasteiger partial charge in [0.05, 0.1) is 6.10 Å². The fourth-order valence-corrected chi connectivity index (χ4v) is 2.68. The van der Waals surface area contributed by atoms with Gasteiger partial charge in [-0.1, -0.05) is 12.1 Å². The van der Waals surface area contributed by atoms with Crippen molar-refractivity contribution in [1.29, 1.82) is 0 Å². The minimum absolute atomic E-state index is 0.0128. The average molecular weight is 414 g/mol. The van der Waals surface area contributed by atoms with Gasteiger partial charge in [0, 0.05) is 22.4 Å². The van der Waals surface area contributed by atoms with E-state index in [-0.39, 0.29) is 28.6 Å². The van der Waals surface area contributed by atoms with Crippen LogP contribution in [0.15, 0.2) is 48.5 Å². The van der Waals surface area contributed by atoms with Crippen LogP contribution >= 0.6 is 12.2 Å². The Labute approximate surface area is 177 Å². The molecule has 0 aliphatic carbocycles. The minimum atomic E-state index is -0.349. The molecule has 0 unspecified atom stereocenters. The first-order valence-electron chi connectivity index (χ1n) is 9.35. The SMILES string of the molecule is CC(C)Oc1cccc(C(=O)NC(=S)Nc2cccc(C(=O)NC(C)(C)C)c2)c1. The predicted molar refractivity (Wildman–Crippen MR) is 120 cm³/mol. The Morgan fingerprint density at radius 2 is 1.59 bits per heavy atom. The van der Waals surface area contributed by atoms with Crippen molar-refractivity contribution >= 4 is 34.8 Å². The van der Waals surface area contributed by atoms with Crippen molar-refractivity contribution in [3.8, 4) is 5.75 Å². The molecule has 2 aromatic rings. The van der Waals surface area contributed by atoms with Crippen molar-refractivity contribution in [2.45, 2.75) is 46.3 Å². The lowest BCUT2D eigenvalue weighted by Gasteiger charge is -2.20. The van der Waals surface area contributed by atoms with E-state index in [9.17, 15) is 9.59 Å². The van der Waals surface area contributed by atoms with E-state index < -0.39 is 0 Å². The van der Waals surface area contributed by atoms with Gasteiger partial charge >= 0.3 is 0 Å². The van der Waals surface area contributed by atoms with Crippen LogP contribution in [-0.4, -0.2) is 28.6 Å². The highest BCUT2D eigenvalue weighted by Gasteiger charge is 2.16. The molecule has 0 aliphatic rings. The first-order chi connectivity index (χ1) is 13.5. The maximum Gasteiger partial charge on any atom is 0.257 e. The molecule has 0 heterocycles. The highest BCUT2D eigenvalue weighted by molar-refractivity contribution is 7.80. The number of amides is 2. The molecule has 154 valence electrons. The van der Waals surface area contributed by atoms with Gasteiger partial charge in [-0.25, -0.2) is 0 Å². The fourth-order valence-electron chi connectivity index (χ4n) is 2.47. The Morgan fingerprint density at radius 1 is 0.966 bits per heavy atom. The Hall–Kier alpha value is -2.93. The topological polar surface area (TPSA) is 79.5 Å². The Bertz CT molecular complexity index is 904. The van der Waals surface area contributed by atoms with Crippen molar-refractivity contribution < 1.29 is 14.3 Å². The molecule has 0 aromatic heterocycles. The number of anilines is 1. The van der Waals surface area contributed by atoms with Gasteiger partial charge in [-0.05, 0) is 83.2 Å². The molecule has 2 amide bonds. The number of nitrogens with one attached hydrogen (secondary N) is 3. The normalized spacial score (nSPS) is 11.0. The molecule has 29 heavy (non-hydrogen) atoms. The molecule has 0 fully saturated rings. The monoisotopic (exact) mass is 413 g/mol. The van der Waals surface area contributed by atoms with Crippen LogP contribution in [0, 0.1) is 0 Å². The fraction of sp³-hybridized carbons (Fsp3) is 0.318. The van der Waals surface area contributed by atoms with E-state index in [4.69, 9.17) is 17.0 Å². The van der Waals surface area contributed by atoms with E-state index in [0.717, 1.165) is 0 Å². The molecular weight excluding hydrogens is 386 g/mol. The molecule has 0 saturated heterocycles. The van der Waals surface area contributed by atoms with E-state index in [0.29, 0.717) is 22.6 Å². The van der Waals surface area contributed by atoms with Crippen LogP contribution in [0.4, 0.5) is 5.69 Å². The molecule has 0 bridgehead atoms. The molecular formula is C22H27N3O3S. The maximum absolute atomic E-state index is 12.5. The van der Waals surface area contributed by atoms with Crippen LogP contribution in [0.25, 0.3) is 0 Å². The largest absolute Gasteiger partial charge is 0.491 e. The molecule has 0 atom stereocenters. The van der Waals surface area contributed by atoms with E-state index in [1.165, 1.54) is 0 Å². The van der Waals surface area contributed by atoms with Gasteiger partial charge in [0.15, 0.2) is 5.11 Å². The summed E-state index contributed by atoms with van der Waals surface area (Å²) in [6.07, 6.45) is 0.0128. The number of hydrogen-bond donors (Lipinski definition) is 3. The lowest BCUT2D eigenvalue weighted by atomic mass is 10.1. The smallest absolute Gasteiger partial charge is 0.257 e. The average Bonchev–Trinajstić information content (AvgIpc) is 2.60.